The van der Waals surface area contributed by atoms with Crippen molar-refractivity contribution in [1.29, 1.82) is 5.26 Å². The van der Waals surface area contributed by atoms with Gasteiger partial charge in [0.2, 0.25) is 0 Å². The third-order valence-corrected chi connectivity index (χ3v) is 2.62. The molecule has 1 aromatic carbocycles. The molecule has 0 spiro atoms. The molecule has 0 aromatic heterocycles. The number of aliphatic carboxylic acids is 1. The number of carboxylic acids is 1. The van der Waals surface area contributed by atoms with Crippen LogP contribution < -0.4 is 0 Å². The number of nitriles is 1. The molecular formula is C9H5BrN2O4. The summed E-state index contributed by atoms with van der Waals surface area (Å²) >= 11 is 2.93. The fourth-order valence-electron chi connectivity index (χ4n) is 1.16. The van der Waals surface area contributed by atoms with Gasteiger partial charge in [0.1, 0.15) is 10.5 Å². The van der Waals surface area contributed by atoms with Crippen molar-refractivity contribution in [3.8, 4) is 6.07 Å². The van der Waals surface area contributed by atoms with Crippen molar-refractivity contribution in [2.24, 2.45) is 0 Å². The second-order valence-corrected chi connectivity index (χ2v) is 3.71. The van der Waals surface area contributed by atoms with Gasteiger partial charge in [0.05, 0.1) is 16.9 Å². The number of carbonyl (C=O) groups is 1. The summed E-state index contributed by atoms with van der Waals surface area (Å²) in [5.41, 5.74) is -0.0419. The van der Waals surface area contributed by atoms with Crippen LogP contribution in [0.1, 0.15) is 11.1 Å². The molecule has 0 aliphatic heterocycles. The highest BCUT2D eigenvalue weighted by atomic mass is 79.9. The second kappa shape index (κ2) is 4.72. The summed E-state index contributed by atoms with van der Waals surface area (Å²) < 4.78 is 0.0640. The van der Waals surface area contributed by atoms with E-state index in [9.17, 15) is 14.9 Å². The first kappa shape index (κ1) is 12.1. The zero-order valence-corrected chi connectivity index (χ0v) is 9.39. The van der Waals surface area contributed by atoms with Gasteiger partial charge in [-0.3, -0.25) is 14.9 Å². The standard InChI is InChI=1S/C9H5BrN2O4/c10-9-6(4-11)1-5(3-8(13)14)2-7(9)12(15)16/h1-2H,3H2,(H,13,14). The lowest BCUT2D eigenvalue weighted by Gasteiger charge is -2.01. The van der Waals surface area contributed by atoms with Gasteiger partial charge >= 0.3 is 5.97 Å². The molecule has 0 bridgehead atoms. The molecule has 7 heteroatoms. The van der Waals surface area contributed by atoms with Gasteiger partial charge in [-0.05, 0) is 27.6 Å². The topological polar surface area (TPSA) is 104 Å². The molecule has 1 N–H and O–H groups in total. The van der Waals surface area contributed by atoms with E-state index in [1.54, 1.807) is 6.07 Å². The van der Waals surface area contributed by atoms with Crippen LogP contribution in [0.25, 0.3) is 0 Å². The maximum absolute atomic E-state index is 10.6. The van der Waals surface area contributed by atoms with E-state index in [0.717, 1.165) is 6.07 Å². The average Bonchev–Trinajstić information content (AvgIpc) is 2.19. The Morgan fingerprint density at radius 1 is 1.62 bits per heavy atom. The van der Waals surface area contributed by atoms with Gasteiger partial charge in [0, 0.05) is 6.07 Å². The lowest BCUT2D eigenvalue weighted by molar-refractivity contribution is -0.385. The van der Waals surface area contributed by atoms with Gasteiger partial charge in [-0.1, -0.05) is 0 Å². The Bertz CT molecular complexity index is 507. The normalized spacial score (nSPS) is 9.50. The predicted molar refractivity (Wildman–Crippen MR) is 56.9 cm³/mol. The van der Waals surface area contributed by atoms with Crippen LogP contribution in [0.15, 0.2) is 16.6 Å². The van der Waals surface area contributed by atoms with E-state index < -0.39 is 10.9 Å². The van der Waals surface area contributed by atoms with Crippen molar-refractivity contribution in [3.05, 3.63) is 37.8 Å². The zero-order chi connectivity index (χ0) is 12.3. The van der Waals surface area contributed by atoms with Crippen LogP contribution in [0, 0.1) is 21.4 Å². The van der Waals surface area contributed by atoms with Crippen LogP contribution in [0.2, 0.25) is 0 Å². The van der Waals surface area contributed by atoms with E-state index in [2.05, 4.69) is 15.9 Å². The largest absolute Gasteiger partial charge is 0.481 e. The number of rotatable bonds is 3. The molecule has 0 amide bonds. The van der Waals surface area contributed by atoms with Crippen molar-refractivity contribution < 1.29 is 14.8 Å². The van der Waals surface area contributed by atoms with Crippen LogP contribution in [-0.4, -0.2) is 16.0 Å². The van der Waals surface area contributed by atoms with Crippen molar-refractivity contribution in [2.75, 3.05) is 0 Å². The van der Waals surface area contributed by atoms with E-state index in [4.69, 9.17) is 10.4 Å². The molecule has 1 aromatic rings. The van der Waals surface area contributed by atoms with E-state index in [1.807, 2.05) is 0 Å². The molecule has 0 atom stereocenters. The molecule has 0 saturated carbocycles. The fraction of sp³-hybridized carbons (Fsp3) is 0.111. The van der Waals surface area contributed by atoms with Gasteiger partial charge in [0.25, 0.3) is 5.69 Å². The lowest BCUT2D eigenvalue weighted by atomic mass is 10.1. The smallest absolute Gasteiger partial charge is 0.307 e. The SMILES string of the molecule is N#Cc1cc(CC(=O)O)cc([N+](=O)[O-])c1Br. The number of carboxylic acid groups (broad SMARTS) is 1. The van der Waals surface area contributed by atoms with Gasteiger partial charge in [-0.15, -0.1) is 0 Å². The molecule has 16 heavy (non-hydrogen) atoms. The summed E-state index contributed by atoms with van der Waals surface area (Å²) in [4.78, 5) is 20.4. The molecule has 0 aliphatic carbocycles. The molecular weight excluding hydrogens is 280 g/mol. The minimum atomic E-state index is -1.11. The third-order valence-electron chi connectivity index (χ3n) is 1.79. The highest BCUT2D eigenvalue weighted by Gasteiger charge is 2.18. The number of hydrogen-bond acceptors (Lipinski definition) is 4. The molecule has 0 radical (unpaired) electrons. The summed E-state index contributed by atoms with van der Waals surface area (Å²) in [6.45, 7) is 0. The minimum absolute atomic E-state index is 0.0467. The molecule has 82 valence electrons. The molecule has 0 heterocycles. The van der Waals surface area contributed by atoms with Crippen molar-refractivity contribution in [3.63, 3.8) is 0 Å². The highest BCUT2D eigenvalue weighted by molar-refractivity contribution is 9.10. The zero-order valence-electron chi connectivity index (χ0n) is 7.81. The Morgan fingerprint density at radius 2 is 2.25 bits per heavy atom. The highest BCUT2D eigenvalue weighted by Crippen LogP contribution is 2.29. The van der Waals surface area contributed by atoms with E-state index in [-0.39, 0.29) is 27.7 Å². The van der Waals surface area contributed by atoms with Gasteiger partial charge in [0.15, 0.2) is 0 Å². The van der Waals surface area contributed by atoms with E-state index in [0.29, 0.717) is 0 Å². The maximum Gasteiger partial charge on any atom is 0.307 e. The Kier molecular flexibility index (Phi) is 3.58. The van der Waals surface area contributed by atoms with Crippen molar-refractivity contribution >= 4 is 27.6 Å². The molecule has 0 fully saturated rings. The quantitative estimate of drug-likeness (QED) is 0.674. The number of nitro groups is 1. The number of halogens is 1. The van der Waals surface area contributed by atoms with Crippen LogP contribution in [0.5, 0.6) is 0 Å². The van der Waals surface area contributed by atoms with Gasteiger partial charge in [-0.25, -0.2) is 0 Å². The molecule has 0 aliphatic rings. The Morgan fingerprint density at radius 3 is 2.69 bits per heavy atom. The van der Waals surface area contributed by atoms with Crippen molar-refractivity contribution in [2.45, 2.75) is 6.42 Å². The Labute approximate surface area is 98.4 Å². The van der Waals surface area contributed by atoms with E-state index >= 15 is 0 Å². The number of nitrogens with zero attached hydrogens (tertiary/aromatic N) is 2. The van der Waals surface area contributed by atoms with Crippen LogP contribution in [0.3, 0.4) is 0 Å². The van der Waals surface area contributed by atoms with Gasteiger partial charge in [-0.2, -0.15) is 5.26 Å². The second-order valence-electron chi connectivity index (χ2n) is 2.92. The van der Waals surface area contributed by atoms with Crippen LogP contribution >= 0.6 is 15.9 Å². The van der Waals surface area contributed by atoms with Crippen molar-refractivity contribution in [1.82, 2.24) is 0 Å². The first-order valence-electron chi connectivity index (χ1n) is 4.04. The first-order valence-corrected chi connectivity index (χ1v) is 4.83. The Balaban J connectivity index is 3.35. The molecule has 6 nitrogen and oxygen atoms in total. The first-order chi connectivity index (χ1) is 7.45. The van der Waals surface area contributed by atoms with Crippen LogP contribution in [-0.2, 0) is 11.2 Å². The lowest BCUT2D eigenvalue weighted by Crippen LogP contribution is -2.02. The van der Waals surface area contributed by atoms with Crippen LogP contribution in [0.4, 0.5) is 5.69 Å². The molecule has 0 saturated heterocycles. The van der Waals surface area contributed by atoms with Gasteiger partial charge < -0.3 is 5.11 Å². The maximum atomic E-state index is 10.6. The fourth-order valence-corrected chi connectivity index (χ4v) is 1.62. The molecule has 0 unspecified atom stereocenters. The Hall–Kier alpha value is -1.94. The minimum Gasteiger partial charge on any atom is -0.481 e. The monoisotopic (exact) mass is 284 g/mol. The molecule has 1 rings (SSSR count). The third kappa shape index (κ3) is 2.55. The number of nitro benzene ring substituents is 1. The number of benzene rings is 1. The summed E-state index contributed by atoms with van der Waals surface area (Å²) in [5.74, 6) is -1.11. The van der Waals surface area contributed by atoms with E-state index in [1.165, 1.54) is 6.07 Å². The average molecular weight is 285 g/mol. The summed E-state index contributed by atoms with van der Waals surface area (Å²) in [6, 6.07) is 4.21. The predicted octanol–water partition coefficient (Wildman–Crippen LogP) is 1.86. The summed E-state index contributed by atoms with van der Waals surface area (Å²) in [6.07, 6.45) is -0.358. The summed E-state index contributed by atoms with van der Waals surface area (Å²) in [7, 11) is 0. The number of hydrogen-bond donors (Lipinski definition) is 1. The summed E-state index contributed by atoms with van der Waals surface area (Å²) in [5, 5.41) is 27.9.